The predicted octanol–water partition coefficient (Wildman–Crippen LogP) is 9.42. The molecule has 13 aromatic heterocycles. The largest absolute Gasteiger partial charge is 0.421 e. The highest BCUT2D eigenvalue weighted by molar-refractivity contribution is 7.20. The second-order valence-corrected chi connectivity index (χ2v) is 38.4. The van der Waals surface area contributed by atoms with Gasteiger partial charge in [-0.1, -0.05) is 42.0 Å². The van der Waals surface area contributed by atoms with Crippen LogP contribution in [0.3, 0.4) is 0 Å². The highest BCUT2D eigenvalue weighted by atomic mass is 32.1. The van der Waals surface area contributed by atoms with Crippen LogP contribution in [0.5, 0.6) is 0 Å². The number of aliphatic hydroxyl groups is 2. The highest BCUT2D eigenvalue weighted by Crippen LogP contribution is 2.48. The van der Waals surface area contributed by atoms with Gasteiger partial charge < -0.3 is 101 Å². The minimum absolute atomic E-state index is 0.0562. The maximum absolute atomic E-state index is 13.6. The first-order chi connectivity index (χ1) is 71.7. The summed E-state index contributed by atoms with van der Waals surface area (Å²) in [6.45, 7) is 27.5. The van der Waals surface area contributed by atoms with Crippen LogP contribution >= 0.6 is 11.3 Å². The van der Waals surface area contributed by atoms with Crippen molar-refractivity contribution in [3.05, 3.63) is 148 Å². The molecule has 2 N–H and O–H groups in total. The fourth-order valence-electron chi connectivity index (χ4n) is 19.6. The third-order valence-corrected chi connectivity index (χ3v) is 28.8. The lowest BCUT2D eigenvalue weighted by Crippen LogP contribution is -2.44. The first kappa shape index (κ1) is 98.9. The molecule has 2 aromatic carbocycles. The summed E-state index contributed by atoms with van der Waals surface area (Å²) in [6, 6.07) is 13.6. The van der Waals surface area contributed by atoms with E-state index < -0.39 is 30.2 Å². The molecule has 5 saturated heterocycles. The Kier molecular flexibility index (Phi) is 27.4. The molecule has 11 aliphatic heterocycles. The number of carbonyl (C=O) groups excluding carboxylic acids is 1. The maximum atomic E-state index is 13.6. The Morgan fingerprint density at radius 2 is 0.838 bits per heavy atom. The zero-order valence-electron chi connectivity index (χ0n) is 82.1. The van der Waals surface area contributed by atoms with Gasteiger partial charge in [0.1, 0.15) is 34.9 Å². The third-order valence-electron chi connectivity index (χ3n) is 27.3. The Morgan fingerprint density at radius 1 is 0.419 bits per heavy atom. The fraction of sp³-hybridized carbons (Fsp3) is 0.469. The minimum Gasteiger partial charge on any atom is -0.393 e. The van der Waals surface area contributed by atoms with Crippen LogP contribution < -0.4 is 24.5 Å². The van der Waals surface area contributed by atoms with Gasteiger partial charge in [-0.3, -0.25) is 9.79 Å². The molecule has 2 atom stereocenters. The Morgan fingerprint density at radius 3 is 1.32 bits per heavy atom. The van der Waals surface area contributed by atoms with E-state index in [0.717, 1.165) is 86.1 Å². The quantitative estimate of drug-likeness (QED) is 0.107. The van der Waals surface area contributed by atoms with Crippen molar-refractivity contribution in [2.75, 3.05) is 209 Å². The molecule has 24 heterocycles. The lowest BCUT2D eigenvalue weighted by Gasteiger charge is -2.33. The van der Waals surface area contributed by atoms with Gasteiger partial charge in [0.15, 0.2) is 108 Å². The molecule has 0 spiro atoms. The van der Waals surface area contributed by atoms with Crippen LogP contribution in [-0.2, 0) is 93.0 Å². The summed E-state index contributed by atoms with van der Waals surface area (Å²) in [5.74, 6) is 8.57. The first-order valence-corrected chi connectivity index (χ1v) is 49.8. The lowest BCUT2D eigenvalue weighted by atomic mass is 9.97. The first-order valence-electron chi connectivity index (χ1n) is 49.0. The molecular formula is C98H105F6N31O12S. The van der Waals surface area contributed by atoms with Gasteiger partial charge in [0.25, 0.3) is 5.91 Å². The molecular weight excluding hydrogens is 1950 g/mol. The van der Waals surface area contributed by atoms with Crippen molar-refractivity contribution in [2.24, 2.45) is 4.99 Å². The number of carbonyl (C=O) groups is 1. The van der Waals surface area contributed by atoms with Crippen molar-refractivity contribution < 1.29 is 84.0 Å². The highest BCUT2D eigenvalue weighted by Gasteiger charge is 2.50. The van der Waals surface area contributed by atoms with E-state index in [1.165, 1.54) is 19.6 Å². The van der Waals surface area contributed by atoms with Gasteiger partial charge in [0.05, 0.1) is 145 Å². The second kappa shape index (κ2) is 41.0. The van der Waals surface area contributed by atoms with Crippen molar-refractivity contribution in [3.63, 3.8) is 0 Å². The SMILES string of the molecule is Cc1cccc(-c2nc(N3CCOCC3)c3nc4n(c3n2)CCOC4C(F)(F)F)c1.Cc1ncc(-c2nc(N3CCOCC3)c3nc4n(c3n2)CCN(C)C4=O)cn1.Cc1ncc(-c2nc(N3CCOCC3)c3nc4n(c3n2)CCOC4(CO)CO)cn1.Cc1ncc(-c2nc(N3CCOCC3)c3sc4c(c3n2)CCOC4(C)C)cn1.FC(F)(F)C1OCCn2c1nc1c(N3CCOCC3)nc(-c3cccc4c3C=NC4)nc12. The lowest BCUT2D eigenvalue weighted by molar-refractivity contribution is -0.233. The van der Waals surface area contributed by atoms with Gasteiger partial charge >= 0.3 is 12.4 Å². The molecule has 43 nitrogen and oxygen atoms in total. The number of aliphatic imine (C=N–C) groups is 1. The summed E-state index contributed by atoms with van der Waals surface area (Å²) >= 11 is 1.77. The van der Waals surface area contributed by atoms with Crippen molar-refractivity contribution in [1.29, 1.82) is 0 Å². The molecule has 148 heavy (non-hydrogen) atoms. The van der Waals surface area contributed by atoms with Crippen molar-refractivity contribution >= 4 is 107 Å². The summed E-state index contributed by atoms with van der Waals surface area (Å²) in [5, 5.41) is 19.9. The molecule has 5 fully saturated rings. The number of morpholine rings is 5. The number of ether oxygens (including phenoxy) is 9. The molecule has 0 bridgehead atoms. The topological polar surface area (TPSA) is 450 Å². The van der Waals surface area contributed by atoms with Gasteiger partial charge in [-0.15, -0.1) is 11.3 Å². The van der Waals surface area contributed by atoms with Crippen LogP contribution in [0.2, 0.25) is 0 Å². The molecule has 26 rings (SSSR count). The number of amides is 1. The second-order valence-electron chi connectivity index (χ2n) is 37.4. The van der Waals surface area contributed by atoms with Gasteiger partial charge in [-0.25, -0.2) is 99.7 Å². The number of imidazole rings is 4. The van der Waals surface area contributed by atoms with E-state index in [9.17, 15) is 41.4 Å². The number of nitrogens with zero attached hydrogens (tertiary/aromatic N) is 31. The number of fused-ring (bicyclic) bond motifs is 16. The average molecular weight is 2060 g/mol. The number of aromatic nitrogens is 24. The molecule has 11 aliphatic rings. The predicted molar refractivity (Wildman–Crippen MR) is 529 cm³/mol. The number of alkyl halides is 6. The summed E-state index contributed by atoms with van der Waals surface area (Å²) in [4.78, 5) is 122. The van der Waals surface area contributed by atoms with Crippen LogP contribution in [0.25, 0.3) is 112 Å². The maximum Gasteiger partial charge on any atom is 0.421 e. The van der Waals surface area contributed by atoms with E-state index in [0.29, 0.717) is 278 Å². The number of aryl methyl sites for hydroxylation is 4. The molecule has 772 valence electrons. The number of halogens is 6. The molecule has 50 heteroatoms. The van der Waals surface area contributed by atoms with E-state index in [1.807, 2.05) is 89.1 Å². The van der Waals surface area contributed by atoms with E-state index in [4.69, 9.17) is 92.5 Å². The van der Waals surface area contributed by atoms with Gasteiger partial charge in [-0.05, 0) is 65.2 Å². The number of anilines is 5. The summed E-state index contributed by atoms with van der Waals surface area (Å²) in [6.07, 6.45) is -0.135. The van der Waals surface area contributed by atoms with E-state index in [-0.39, 0.29) is 62.7 Å². The third kappa shape index (κ3) is 19.3. The number of rotatable bonds is 12. The van der Waals surface area contributed by atoms with Crippen LogP contribution in [-0.4, -0.2) is 342 Å². The Hall–Kier alpha value is -13.8. The number of aliphatic hydroxyl groups excluding tert-OH is 2. The van der Waals surface area contributed by atoms with Crippen LogP contribution in [0, 0.1) is 27.7 Å². The fourth-order valence-corrected chi connectivity index (χ4v) is 20.9. The van der Waals surface area contributed by atoms with Crippen LogP contribution in [0.15, 0.2) is 84.6 Å². The number of hydrogen-bond acceptors (Lipinski definition) is 39. The standard InChI is InChI=1S/C21H19F3N6O2.C20H20F3N5O2.C20H23N5O2S.C19H23N7O4.C18H20N8O2/c22-21(23,24)16-20-26-15-18(29-4-7-31-8-5-29)27-17(28-19(15)30(20)6-9-32-16)13-3-1-2-12-10-25-11-14(12)13;1-12-3-2-4-13(11-12)16-25-17(27-5-8-29-9-6-27)14-18(26-16)28-7-10-30-15(19(28)24-14)20(21,22)23;1-12-21-10-13(11-22-12)18-23-15-14-4-7-27-20(2,3)17(14)28-16(15)19(24-18)25-5-8-26-9-6-25;1-12-20-8-13(9-21-12)15-23-16(25-2-5-29-6-3-25)14-17(24-15)26-4-7-30-19(10-27,11-28)18(26)22-14;1-11-19-9-12(10-20-11)14-22-15(25-5-7-28-8-6-25)13-16(23-14)26-4-3-24(2)18(27)17(26)21-13/h1-3,11,16H,4-10H2;2-4,11,15H,5-10H2,1H3;10-11H,4-9H2,1-3H3;8-9,27-28H,2-7,10-11H2,1H3;9-10H,3-8H2,1-2H3. The number of hydrogen-bond donors (Lipinski definition) is 2. The Bertz CT molecular complexity index is 7510. The normalized spacial score (nSPS) is 19.1. The zero-order valence-corrected chi connectivity index (χ0v) is 82.9. The molecule has 15 aromatic rings. The number of benzene rings is 2. The van der Waals surface area contributed by atoms with Crippen LogP contribution in [0.4, 0.5) is 55.4 Å². The zero-order chi connectivity index (χ0) is 102. The monoisotopic (exact) mass is 2050 g/mol. The van der Waals surface area contributed by atoms with E-state index in [2.05, 4.69) is 83.4 Å². The Labute approximate surface area is 845 Å². The smallest absolute Gasteiger partial charge is 0.393 e. The average Bonchev–Trinajstić information content (AvgIpc) is 1.53. The van der Waals surface area contributed by atoms with Crippen molar-refractivity contribution in [2.45, 2.75) is 116 Å². The summed E-state index contributed by atoms with van der Waals surface area (Å²) in [5.41, 5.74) is 11.8. The molecule has 2 unspecified atom stereocenters. The number of likely N-dealkylation sites (N-methyl/N-ethyl adjacent to an activating group) is 1. The molecule has 1 amide bonds. The molecule has 0 radical (unpaired) electrons. The summed E-state index contributed by atoms with van der Waals surface area (Å²) < 4.78 is 139. The van der Waals surface area contributed by atoms with E-state index in [1.54, 1.807) is 66.7 Å². The molecule has 0 aliphatic carbocycles. The van der Waals surface area contributed by atoms with Crippen LogP contribution in [0.1, 0.15) is 98.8 Å². The van der Waals surface area contributed by atoms with Crippen molar-refractivity contribution in [3.8, 4) is 56.9 Å². The summed E-state index contributed by atoms with van der Waals surface area (Å²) in [7, 11) is 1.79. The van der Waals surface area contributed by atoms with Gasteiger partial charge in [0.2, 0.25) is 18.0 Å². The van der Waals surface area contributed by atoms with Gasteiger partial charge in [-0.2, -0.15) is 26.3 Å². The minimum atomic E-state index is -4.56. The van der Waals surface area contributed by atoms with Crippen molar-refractivity contribution in [1.82, 2.24) is 123 Å². The Balaban J connectivity index is 0.000000105. The molecule has 0 saturated carbocycles. The number of thiophene rings is 1. The van der Waals surface area contributed by atoms with Gasteiger partial charge in [0, 0.05) is 170 Å². The van der Waals surface area contributed by atoms with E-state index >= 15 is 0 Å².